The summed E-state index contributed by atoms with van der Waals surface area (Å²) in [5, 5.41) is 32.3. The maximum absolute atomic E-state index is 9.07. The topological polar surface area (TPSA) is 92.5 Å². The smallest absolute Gasteiger partial charge is 0.322 e. The molecule has 0 saturated heterocycles. The third-order valence-electron chi connectivity index (χ3n) is 1.41. The molecule has 0 aromatic rings. The molecule has 0 aromatic heterocycles. The molecule has 0 atom stereocenters. The number of nitriles is 2. The number of hydrogen-bond acceptors (Lipinski definition) is 5. The fourth-order valence-electron chi connectivity index (χ4n) is 0.422. The van der Waals surface area contributed by atoms with Gasteiger partial charge in [-0.25, -0.2) is 0 Å². The van der Waals surface area contributed by atoms with Crippen LogP contribution in [0, 0.1) is 28.1 Å². The lowest BCUT2D eigenvalue weighted by molar-refractivity contribution is 0.0620. The van der Waals surface area contributed by atoms with Gasteiger partial charge < -0.3 is 5.11 Å². The van der Waals surface area contributed by atoms with Gasteiger partial charge in [-0.3, -0.25) is 0 Å². The van der Waals surface area contributed by atoms with Crippen molar-refractivity contribution in [2.24, 2.45) is 15.6 Å². The summed E-state index contributed by atoms with van der Waals surface area (Å²) in [4.78, 5) is 0. The Kier molecular flexibility index (Phi) is 1.02. The van der Waals surface area contributed by atoms with Crippen LogP contribution in [0.2, 0.25) is 0 Å². The van der Waals surface area contributed by atoms with Crippen molar-refractivity contribution in [2.45, 2.75) is 12.8 Å². The van der Waals surface area contributed by atoms with Gasteiger partial charge in [-0.1, -0.05) is 0 Å². The molecule has 10 heavy (non-hydrogen) atoms. The second-order valence-corrected chi connectivity index (χ2v) is 2.18. The van der Waals surface area contributed by atoms with Crippen molar-refractivity contribution in [3.8, 4) is 12.1 Å². The third-order valence-corrected chi connectivity index (χ3v) is 1.41. The van der Waals surface area contributed by atoms with E-state index < -0.39 is 11.3 Å². The van der Waals surface area contributed by atoms with Gasteiger partial charge in [0.15, 0.2) is 0 Å². The molecule has 5 nitrogen and oxygen atoms in total. The first-order chi connectivity index (χ1) is 4.58. The minimum Gasteiger partial charge on any atom is -0.347 e. The monoisotopic (exact) mass is 136 g/mol. The molecule has 1 aliphatic rings. The molecule has 0 unspecified atom stereocenters. The minimum absolute atomic E-state index is 1.28. The van der Waals surface area contributed by atoms with E-state index >= 15 is 0 Å². The molecular weight excluding hydrogens is 132 g/mol. The quantitative estimate of drug-likeness (QED) is 0.556. The molecule has 1 rings (SSSR count). The predicted molar refractivity (Wildman–Crippen MR) is 29.1 cm³/mol. The van der Waals surface area contributed by atoms with E-state index in [0.29, 0.717) is 0 Å². The molecule has 50 valence electrons. The Morgan fingerprint density at radius 1 is 1.40 bits per heavy atom. The van der Waals surface area contributed by atoms with E-state index in [-0.39, 0.29) is 0 Å². The molecule has 1 aliphatic heterocycles. The average molecular weight is 136 g/mol. The fourth-order valence-corrected chi connectivity index (χ4v) is 0.422. The predicted octanol–water partition coefficient (Wildman–Crippen LogP) is 0.152. The highest BCUT2D eigenvalue weighted by Crippen LogP contribution is 2.41. The van der Waals surface area contributed by atoms with Gasteiger partial charge in [0, 0.05) is 0 Å². The van der Waals surface area contributed by atoms with E-state index in [1.54, 1.807) is 12.1 Å². The fraction of sp³-hybridized carbons (Fsp3) is 0.600. The van der Waals surface area contributed by atoms with Crippen LogP contribution in [0.15, 0.2) is 10.2 Å². The Bertz CT molecular complexity index is 248. The van der Waals surface area contributed by atoms with Crippen LogP contribution in [-0.2, 0) is 0 Å². The second kappa shape index (κ2) is 1.53. The summed E-state index contributed by atoms with van der Waals surface area (Å²) in [7, 11) is 0. The van der Waals surface area contributed by atoms with Crippen LogP contribution in [0.25, 0.3) is 0 Å². The summed E-state index contributed by atoms with van der Waals surface area (Å²) < 4.78 is 0. The third kappa shape index (κ3) is 0.584. The highest BCUT2D eigenvalue weighted by molar-refractivity contribution is 5.21. The zero-order chi connectivity index (χ0) is 7.83. The Morgan fingerprint density at radius 3 is 1.90 bits per heavy atom. The summed E-state index contributed by atoms with van der Waals surface area (Å²) in [6, 6.07) is 3.26. The van der Waals surface area contributed by atoms with Crippen LogP contribution in [0.1, 0.15) is 6.92 Å². The molecule has 0 bridgehead atoms. The Hall–Kier alpha value is -1.46. The van der Waals surface area contributed by atoms with E-state index in [1.165, 1.54) is 6.92 Å². The highest BCUT2D eigenvalue weighted by Gasteiger charge is 2.57. The SMILES string of the molecule is CC(C#N)(C#N)C1(O)N=N1. The summed E-state index contributed by atoms with van der Waals surface area (Å²) in [6.07, 6.45) is 0. The van der Waals surface area contributed by atoms with Crippen molar-refractivity contribution in [3.05, 3.63) is 0 Å². The number of aliphatic hydroxyl groups is 1. The van der Waals surface area contributed by atoms with E-state index in [9.17, 15) is 0 Å². The number of hydrogen-bond donors (Lipinski definition) is 1. The van der Waals surface area contributed by atoms with Crippen LogP contribution < -0.4 is 0 Å². The van der Waals surface area contributed by atoms with Gasteiger partial charge in [-0.2, -0.15) is 10.5 Å². The van der Waals surface area contributed by atoms with Gasteiger partial charge in [0.25, 0.3) is 0 Å². The standard InChI is InChI=1S/C5H4N4O/c1-4(2-6,3-7)5(10)8-9-5/h10H,1H3. The van der Waals surface area contributed by atoms with Crippen LogP contribution in [-0.4, -0.2) is 11.0 Å². The second-order valence-electron chi connectivity index (χ2n) is 2.18. The van der Waals surface area contributed by atoms with Crippen molar-refractivity contribution < 1.29 is 5.11 Å². The van der Waals surface area contributed by atoms with Crippen LogP contribution in [0.5, 0.6) is 0 Å². The Balaban J connectivity index is 2.91. The molecular formula is C5H4N4O. The molecule has 0 saturated carbocycles. The van der Waals surface area contributed by atoms with E-state index in [2.05, 4.69) is 10.2 Å². The zero-order valence-corrected chi connectivity index (χ0v) is 5.24. The Morgan fingerprint density at radius 2 is 1.80 bits per heavy atom. The first kappa shape index (κ1) is 6.66. The molecule has 0 spiro atoms. The van der Waals surface area contributed by atoms with Crippen molar-refractivity contribution in [2.75, 3.05) is 0 Å². The first-order valence-electron chi connectivity index (χ1n) is 2.57. The molecule has 0 amide bonds. The molecule has 0 radical (unpaired) electrons. The summed E-state index contributed by atoms with van der Waals surface area (Å²) in [5.74, 6) is -1.77. The maximum Gasteiger partial charge on any atom is 0.322 e. The minimum atomic E-state index is -1.77. The van der Waals surface area contributed by atoms with Gasteiger partial charge in [-0.15, -0.1) is 10.2 Å². The largest absolute Gasteiger partial charge is 0.347 e. The van der Waals surface area contributed by atoms with Crippen LogP contribution in [0.3, 0.4) is 0 Å². The van der Waals surface area contributed by atoms with Gasteiger partial charge >= 0.3 is 5.85 Å². The lowest BCUT2D eigenvalue weighted by atomic mass is 9.90. The van der Waals surface area contributed by atoms with Crippen molar-refractivity contribution >= 4 is 0 Å². The molecule has 0 fully saturated rings. The normalized spacial score (nSPS) is 19.2. The van der Waals surface area contributed by atoms with Gasteiger partial charge in [0.1, 0.15) is 0 Å². The zero-order valence-electron chi connectivity index (χ0n) is 5.24. The van der Waals surface area contributed by atoms with Crippen molar-refractivity contribution in [3.63, 3.8) is 0 Å². The average Bonchev–Trinajstić information content (AvgIpc) is 2.68. The molecule has 0 aromatic carbocycles. The summed E-state index contributed by atoms with van der Waals surface area (Å²) in [5.41, 5.74) is -1.53. The van der Waals surface area contributed by atoms with E-state index in [1.807, 2.05) is 0 Å². The number of nitrogens with zero attached hydrogens (tertiary/aromatic N) is 4. The van der Waals surface area contributed by atoms with Crippen molar-refractivity contribution in [1.29, 1.82) is 10.5 Å². The van der Waals surface area contributed by atoms with Gasteiger partial charge in [0.2, 0.25) is 5.41 Å². The first-order valence-corrected chi connectivity index (χ1v) is 2.57. The van der Waals surface area contributed by atoms with E-state index in [4.69, 9.17) is 15.6 Å². The van der Waals surface area contributed by atoms with Gasteiger partial charge in [0.05, 0.1) is 12.1 Å². The molecule has 1 N–H and O–H groups in total. The molecule has 0 aliphatic carbocycles. The summed E-state index contributed by atoms with van der Waals surface area (Å²) in [6.45, 7) is 1.28. The Labute approximate surface area is 57.2 Å². The lowest BCUT2D eigenvalue weighted by Crippen LogP contribution is -2.32. The van der Waals surface area contributed by atoms with Crippen LogP contribution >= 0.6 is 0 Å². The highest BCUT2D eigenvalue weighted by atomic mass is 16.4. The maximum atomic E-state index is 9.07. The van der Waals surface area contributed by atoms with Crippen molar-refractivity contribution in [1.82, 2.24) is 0 Å². The van der Waals surface area contributed by atoms with Crippen LogP contribution in [0.4, 0.5) is 0 Å². The molecule has 5 heteroatoms. The van der Waals surface area contributed by atoms with Gasteiger partial charge in [-0.05, 0) is 6.92 Å². The number of rotatable bonds is 1. The van der Waals surface area contributed by atoms with E-state index in [0.717, 1.165) is 0 Å². The molecule has 1 heterocycles. The summed E-state index contributed by atoms with van der Waals surface area (Å²) >= 11 is 0. The lowest BCUT2D eigenvalue weighted by Gasteiger charge is -2.12.